The van der Waals surface area contributed by atoms with E-state index in [-0.39, 0.29) is 11.7 Å². The van der Waals surface area contributed by atoms with Crippen LogP contribution in [0.15, 0.2) is 28.8 Å². The van der Waals surface area contributed by atoms with Crippen LogP contribution >= 0.6 is 0 Å². The van der Waals surface area contributed by atoms with Gasteiger partial charge in [-0.2, -0.15) is 0 Å². The van der Waals surface area contributed by atoms with Crippen molar-refractivity contribution in [3.05, 3.63) is 35.8 Å². The number of benzene rings is 1. The summed E-state index contributed by atoms with van der Waals surface area (Å²) in [4.78, 5) is 0. The summed E-state index contributed by atoms with van der Waals surface area (Å²) in [5, 5.41) is 4.08. The first-order valence-electron chi connectivity index (χ1n) is 7.74. The Hall–Kier alpha value is -1.84. The molecule has 2 N–H and O–H groups in total. The van der Waals surface area contributed by atoms with E-state index in [1.807, 2.05) is 6.07 Å². The van der Waals surface area contributed by atoms with Crippen molar-refractivity contribution in [2.45, 2.75) is 44.9 Å². The Kier molecular flexibility index (Phi) is 4.23. The third kappa shape index (κ3) is 3.26. The summed E-state index contributed by atoms with van der Waals surface area (Å²) >= 11 is 0. The lowest BCUT2D eigenvalue weighted by Gasteiger charge is -2.20. The van der Waals surface area contributed by atoms with E-state index in [4.69, 9.17) is 10.3 Å². The Bertz CT molecular complexity index is 603. The first-order chi connectivity index (χ1) is 10.2. The van der Waals surface area contributed by atoms with Crippen LogP contribution in [0.4, 0.5) is 10.3 Å². The summed E-state index contributed by atoms with van der Waals surface area (Å²) in [6, 6.07) is 6.43. The van der Waals surface area contributed by atoms with Gasteiger partial charge in [-0.3, -0.25) is 0 Å². The number of anilines is 1. The molecule has 3 nitrogen and oxygen atoms in total. The van der Waals surface area contributed by atoms with Crippen LogP contribution in [0.25, 0.3) is 11.1 Å². The van der Waals surface area contributed by atoms with Crippen LogP contribution in [0.1, 0.15) is 44.2 Å². The maximum absolute atomic E-state index is 13.4. The van der Waals surface area contributed by atoms with Crippen molar-refractivity contribution in [1.29, 1.82) is 0 Å². The van der Waals surface area contributed by atoms with E-state index in [1.165, 1.54) is 44.2 Å². The van der Waals surface area contributed by atoms with Crippen LogP contribution in [0.5, 0.6) is 0 Å². The summed E-state index contributed by atoms with van der Waals surface area (Å²) in [7, 11) is 0. The second kappa shape index (κ2) is 6.29. The molecule has 1 aliphatic rings. The molecule has 0 amide bonds. The van der Waals surface area contributed by atoms with Crippen LogP contribution in [-0.4, -0.2) is 5.16 Å². The monoisotopic (exact) mass is 288 g/mol. The highest BCUT2D eigenvalue weighted by Crippen LogP contribution is 2.33. The van der Waals surface area contributed by atoms with Crippen LogP contribution in [0.3, 0.4) is 0 Å². The van der Waals surface area contributed by atoms with Gasteiger partial charge < -0.3 is 10.3 Å². The van der Waals surface area contributed by atoms with E-state index in [1.54, 1.807) is 6.07 Å². The fourth-order valence-electron chi connectivity index (χ4n) is 3.28. The normalized spacial score (nSPS) is 16.2. The zero-order valence-electron chi connectivity index (χ0n) is 12.1. The van der Waals surface area contributed by atoms with Gasteiger partial charge in [0.1, 0.15) is 5.82 Å². The van der Waals surface area contributed by atoms with Gasteiger partial charge in [0.25, 0.3) is 0 Å². The second-order valence-electron chi connectivity index (χ2n) is 5.92. The molecular weight excluding hydrogens is 267 g/mol. The van der Waals surface area contributed by atoms with Crippen molar-refractivity contribution < 1.29 is 8.91 Å². The summed E-state index contributed by atoms with van der Waals surface area (Å²) in [5.41, 5.74) is 8.23. The zero-order chi connectivity index (χ0) is 14.7. The molecule has 1 aromatic carbocycles. The predicted molar refractivity (Wildman–Crippen MR) is 81.2 cm³/mol. The lowest BCUT2D eigenvalue weighted by molar-refractivity contribution is 0.335. The minimum absolute atomic E-state index is 0.272. The Morgan fingerprint density at radius 1 is 1.24 bits per heavy atom. The molecule has 1 aromatic heterocycles. The summed E-state index contributed by atoms with van der Waals surface area (Å²) in [5.74, 6) is 0.780. The number of aromatic nitrogens is 1. The largest absolute Gasteiger partial charge is 0.367 e. The maximum atomic E-state index is 13.4. The number of hydrogen-bond acceptors (Lipinski definition) is 3. The molecule has 1 aliphatic carbocycles. The average Bonchev–Trinajstić information content (AvgIpc) is 2.87. The minimum Gasteiger partial charge on any atom is -0.367 e. The number of rotatable bonds is 4. The summed E-state index contributed by atoms with van der Waals surface area (Å²) in [6.45, 7) is 0. The maximum Gasteiger partial charge on any atom is 0.230 e. The standard InChI is InChI=1S/C17H21FN2O/c18-14-8-4-7-13(11-14)16-15(20-21-17(16)19)10-9-12-5-2-1-3-6-12/h4,7-8,11-12H,1-3,5-6,9-10,19H2. The molecule has 0 saturated heterocycles. The van der Waals surface area contributed by atoms with Crippen molar-refractivity contribution in [1.82, 2.24) is 5.16 Å². The summed E-state index contributed by atoms with van der Waals surface area (Å²) < 4.78 is 18.5. The molecule has 3 rings (SSSR count). The first kappa shape index (κ1) is 14.1. The number of nitrogens with two attached hydrogens (primary N) is 1. The topological polar surface area (TPSA) is 52.0 Å². The quantitative estimate of drug-likeness (QED) is 0.896. The molecule has 0 bridgehead atoms. The number of nitrogens with zero attached hydrogens (tertiary/aromatic N) is 1. The molecule has 0 spiro atoms. The molecule has 2 aromatic rings. The zero-order valence-corrected chi connectivity index (χ0v) is 12.1. The highest BCUT2D eigenvalue weighted by atomic mass is 19.1. The van der Waals surface area contributed by atoms with Crippen molar-refractivity contribution in [2.75, 3.05) is 5.73 Å². The molecule has 0 unspecified atom stereocenters. The molecule has 1 heterocycles. The smallest absolute Gasteiger partial charge is 0.230 e. The van der Waals surface area contributed by atoms with Crippen LogP contribution in [0.2, 0.25) is 0 Å². The minimum atomic E-state index is -0.272. The third-order valence-corrected chi connectivity index (χ3v) is 4.42. The molecular formula is C17H21FN2O. The molecule has 0 aliphatic heterocycles. The molecule has 112 valence electrons. The lowest BCUT2D eigenvalue weighted by atomic mass is 9.85. The van der Waals surface area contributed by atoms with E-state index >= 15 is 0 Å². The second-order valence-corrected chi connectivity index (χ2v) is 5.92. The fraction of sp³-hybridized carbons (Fsp3) is 0.471. The van der Waals surface area contributed by atoms with E-state index in [0.717, 1.165) is 35.6 Å². The van der Waals surface area contributed by atoms with Gasteiger partial charge in [-0.1, -0.05) is 49.4 Å². The van der Waals surface area contributed by atoms with E-state index < -0.39 is 0 Å². The predicted octanol–water partition coefficient (Wildman–Crippen LogP) is 4.58. The Morgan fingerprint density at radius 3 is 2.81 bits per heavy atom. The van der Waals surface area contributed by atoms with Gasteiger partial charge in [0.2, 0.25) is 5.88 Å². The highest BCUT2D eigenvalue weighted by molar-refractivity contribution is 5.75. The molecule has 1 saturated carbocycles. The van der Waals surface area contributed by atoms with Gasteiger partial charge in [0.15, 0.2) is 0 Å². The molecule has 1 fully saturated rings. The van der Waals surface area contributed by atoms with Gasteiger partial charge in [-0.15, -0.1) is 0 Å². The van der Waals surface area contributed by atoms with Crippen molar-refractivity contribution in [3.8, 4) is 11.1 Å². The molecule has 0 radical (unpaired) electrons. The molecule has 0 atom stereocenters. The fourth-order valence-corrected chi connectivity index (χ4v) is 3.28. The van der Waals surface area contributed by atoms with Gasteiger partial charge in [0.05, 0.1) is 11.3 Å². The van der Waals surface area contributed by atoms with Crippen molar-refractivity contribution in [2.24, 2.45) is 5.92 Å². The van der Waals surface area contributed by atoms with Crippen LogP contribution < -0.4 is 5.73 Å². The highest BCUT2D eigenvalue weighted by Gasteiger charge is 2.19. The molecule has 21 heavy (non-hydrogen) atoms. The van der Waals surface area contributed by atoms with Crippen LogP contribution in [0, 0.1) is 11.7 Å². The van der Waals surface area contributed by atoms with Gasteiger partial charge in [-0.25, -0.2) is 4.39 Å². The van der Waals surface area contributed by atoms with E-state index in [9.17, 15) is 4.39 Å². The van der Waals surface area contributed by atoms with E-state index in [2.05, 4.69) is 5.16 Å². The van der Waals surface area contributed by atoms with Crippen molar-refractivity contribution in [3.63, 3.8) is 0 Å². The van der Waals surface area contributed by atoms with Crippen molar-refractivity contribution >= 4 is 5.88 Å². The Labute approximate surface area is 124 Å². The average molecular weight is 288 g/mol. The lowest BCUT2D eigenvalue weighted by Crippen LogP contribution is -2.07. The third-order valence-electron chi connectivity index (χ3n) is 4.42. The Morgan fingerprint density at radius 2 is 2.05 bits per heavy atom. The number of nitrogen functional groups attached to an aromatic ring is 1. The van der Waals surface area contributed by atoms with Gasteiger partial charge >= 0.3 is 0 Å². The number of hydrogen-bond donors (Lipinski definition) is 1. The summed E-state index contributed by atoms with van der Waals surface area (Å²) in [6.07, 6.45) is 8.60. The Balaban J connectivity index is 1.77. The van der Waals surface area contributed by atoms with E-state index in [0.29, 0.717) is 0 Å². The SMILES string of the molecule is Nc1onc(CCC2CCCCC2)c1-c1cccc(F)c1. The van der Waals surface area contributed by atoms with Gasteiger partial charge in [-0.05, 0) is 36.5 Å². The van der Waals surface area contributed by atoms with Crippen LogP contribution in [-0.2, 0) is 6.42 Å². The number of halogens is 1. The van der Waals surface area contributed by atoms with Gasteiger partial charge in [0, 0.05) is 0 Å². The number of aryl methyl sites for hydroxylation is 1. The first-order valence-corrected chi connectivity index (χ1v) is 7.74. The molecule has 4 heteroatoms.